The van der Waals surface area contributed by atoms with E-state index < -0.39 is 0 Å². The van der Waals surface area contributed by atoms with Crippen molar-refractivity contribution in [1.29, 1.82) is 0 Å². The van der Waals surface area contributed by atoms with Gasteiger partial charge in [0.05, 0.1) is 0 Å². The number of benzene rings is 3. The van der Waals surface area contributed by atoms with Crippen LogP contribution in [0.1, 0.15) is 49.8 Å². The van der Waals surface area contributed by atoms with E-state index in [0.29, 0.717) is 17.9 Å². The third-order valence-electron chi connectivity index (χ3n) is 6.58. The van der Waals surface area contributed by atoms with E-state index in [-0.39, 0.29) is 0 Å². The maximum absolute atomic E-state index is 3.89. The fourth-order valence-electron chi connectivity index (χ4n) is 4.98. The van der Waals surface area contributed by atoms with Crippen LogP contribution in [0.25, 0.3) is 10.8 Å². The summed E-state index contributed by atoms with van der Waals surface area (Å²) in [6.07, 6.45) is 2.51. The average molecular weight is 387 g/mol. The Balaban J connectivity index is 1.48. The Labute approximate surface area is 175 Å². The third kappa shape index (κ3) is 4.71. The number of likely N-dealkylation sites (tertiary alicyclic amines) is 1. The van der Waals surface area contributed by atoms with Crippen LogP contribution in [0.2, 0.25) is 0 Å². The Morgan fingerprint density at radius 2 is 1.72 bits per heavy atom. The number of hydrogen-bond acceptors (Lipinski definition) is 2. The summed E-state index contributed by atoms with van der Waals surface area (Å²) in [4.78, 5) is 2.66. The Morgan fingerprint density at radius 3 is 2.55 bits per heavy atom. The second-order valence-corrected chi connectivity index (χ2v) is 8.56. The van der Waals surface area contributed by atoms with Crippen LogP contribution in [-0.2, 0) is 0 Å². The minimum Gasteiger partial charge on any atom is -0.310 e. The van der Waals surface area contributed by atoms with Gasteiger partial charge < -0.3 is 10.2 Å². The van der Waals surface area contributed by atoms with Crippen LogP contribution < -0.4 is 5.32 Å². The second-order valence-electron chi connectivity index (χ2n) is 8.56. The van der Waals surface area contributed by atoms with Crippen molar-refractivity contribution in [3.05, 3.63) is 83.9 Å². The van der Waals surface area contributed by atoms with Gasteiger partial charge in [-0.25, -0.2) is 0 Å². The predicted molar refractivity (Wildman–Crippen MR) is 124 cm³/mol. The zero-order valence-electron chi connectivity index (χ0n) is 17.9. The number of rotatable bonds is 7. The lowest BCUT2D eigenvalue weighted by Crippen LogP contribution is -2.43. The van der Waals surface area contributed by atoms with Crippen LogP contribution in [0.15, 0.2) is 72.8 Å². The summed E-state index contributed by atoms with van der Waals surface area (Å²) in [6, 6.07) is 26.9. The van der Waals surface area contributed by atoms with Gasteiger partial charge in [0, 0.05) is 18.5 Å². The third-order valence-corrected chi connectivity index (χ3v) is 6.58. The molecule has 4 rings (SSSR count). The minimum absolute atomic E-state index is 0.353. The molecule has 2 heteroatoms. The van der Waals surface area contributed by atoms with Crippen LogP contribution >= 0.6 is 0 Å². The Kier molecular flexibility index (Phi) is 6.63. The molecule has 3 aromatic rings. The maximum atomic E-state index is 3.89. The number of nitrogens with one attached hydrogen (secondary N) is 1. The first-order chi connectivity index (χ1) is 14.3. The molecule has 0 spiro atoms. The van der Waals surface area contributed by atoms with Gasteiger partial charge in [0.1, 0.15) is 0 Å². The molecule has 3 aromatic carbocycles. The Bertz CT molecular complexity index is 899. The molecule has 1 N–H and O–H groups in total. The molecule has 152 valence electrons. The largest absolute Gasteiger partial charge is 0.310 e. The van der Waals surface area contributed by atoms with Gasteiger partial charge in [0.2, 0.25) is 0 Å². The van der Waals surface area contributed by atoms with Crippen molar-refractivity contribution in [3.8, 4) is 0 Å². The fraction of sp³-hybridized carbons (Fsp3) is 0.407. The van der Waals surface area contributed by atoms with Gasteiger partial charge in [0.15, 0.2) is 0 Å². The van der Waals surface area contributed by atoms with Crippen LogP contribution in [0.4, 0.5) is 0 Å². The van der Waals surface area contributed by atoms with E-state index in [4.69, 9.17) is 0 Å². The van der Waals surface area contributed by atoms with E-state index >= 15 is 0 Å². The average Bonchev–Trinajstić information content (AvgIpc) is 2.78. The highest BCUT2D eigenvalue weighted by molar-refractivity contribution is 5.86. The van der Waals surface area contributed by atoms with E-state index in [1.165, 1.54) is 54.4 Å². The van der Waals surface area contributed by atoms with Gasteiger partial charge in [-0.3, -0.25) is 0 Å². The van der Waals surface area contributed by atoms with Crippen LogP contribution in [0.3, 0.4) is 0 Å². The molecule has 1 heterocycles. The van der Waals surface area contributed by atoms with Crippen molar-refractivity contribution in [2.75, 3.05) is 26.2 Å². The van der Waals surface area contributed by atoms with Gasteiger partial charge >= 0.3 is 0 Å². The normalized spacial score (nSPS) is 21.3. The molecule has 0 bridgehead atoms. The predicted octanol–water partition coefficient (Wildman–Crippen LogP) is 6.01. The molecule has 1 aliphatic heterocycles. The first-order valence-corrected chi connectivity index (χ1v) is 11.2. The zero-order valence-corrected chi connectivity index (χ0v) is 17.9. The van der Waals surface area contributed by atoms with Crippen molar-refractivity contribution in [1.82, 2.24) is 10.2 Å². The molecule has 2 nitrogen and oxygen atoms in total. The number of fused-ring (bicyclic) bond motifs is 1. The molecule has 0 radical (unpaired) electrons. The lowest BCUT2D eigenvalue weighted by atomic mass is 9.80. The van der Waals surface area contributed by atoms with Crippen LogP contribution in [0, 0.1) is 5.92 Å². The smallest absolute Gasteiger partial charge is 0.0298 e. The summed E-state index contributed by atoms with van der Waals surface area (Å²) >= 11 is 0. The van der Waals surface area contributed by atoms with E-state index in [9.17, 15) is 0 Å². The highest BCUT2D eigenvalue weighted by atomic mass is 15.1. The molecular weight excluding hydrogens is 352 g/mol. The molecule has 2 unspecified atom stereocenters. The minimum atomic E-state index is 0.353. The van der Waals surface area contributed by atoms with Crippen LogP contribution in [0.5, 0.6) is 0 Å². The molecule has 29 heavy (non-hydrogen) atoms. The molecule has 3 atom stereocenters. The molecule has 0 amide bonds. The molecule has 1 aliphatic rings. The van der Waals surface area contributed by atoms with E-state index in [1.807, 2.05) is 0 Å². The zero-order chi connectivity index (χ0) is 20.1. The van der Waals surface area contributed by atoms with Crippen molar-refractivity contribution in [2.45, 2.75) is 38.6 Å². The second kappa shape index (κ2) is 9.56. The summed E-state index contributed by atoms with van der Waals surface area (Å²) in [7, 11) is 0. The molecule has 1 saturated heterocycles. The van der Waals surface area contributed by atoms with Crippen molar-refractivity contribution in [3.63, 3.8) is 0 Å². The molecular formula is C27H34N2. The Hall–Kier alpha value is -2.16. The van der Waals surface area contributed by atoms with Crippen molar-refractivity contribution in [2.24, 2.45) is 5.92 Å². The van der Waals surface area contributed by atoms with Gasteiger partial charge in [-0.1, -0.05) is 79.7 Å². The summed E-state index contributed by atoms with van der Waals surface area (Å²) in [5, 5.41) is 6.58. The lowest BCUT2D eigenvalue weighted by Gasteiger charge is -2.39. The SMILES string of the molecule is CCCN1CCC(CN[C@H](C)c2cccc3ccccc23)C(c2ccccc2)C1. The monoisotopic (exact) mass is 386 g/mol. The quantitative estimate of drug-likeness (QED) is 0.535. The first-order valence-electron chi connectivity index (χ1n) is 11.2. The summed E-state index contributed by atoms with van der Waals surface area (Å²) < 4.78 is 0. The molecule has 0 aliphatic carbocycles. The number of hydrogen-bond donors (Lipinski definition) is 1. The molecule has 1 fully saturated rings. The summed E-state index contributed by atoms with van der Waals surface area (Å²) in [6.45, 7) is 9.31. The van der Waals surface area contributed by atoms with Gasteiger partial charge in [-0.15, -0.1) is 0 Å². The van der Waals surface area contributed by atoms with Gasteiger partial charge in [-0.05, 0) is 67.2 Å². The maximum Gasteiger partial charge on any atom is 0.0298 e. The van der Waals surface area contributed by atoms with Crippen molar-refractivity contribution < 1.29 is 0 Å². The summed E-state index contributed by atoms with van der Waals surface area (Å²) in [5.74, 6) is 1.30. The van der Waals surface area contributed by atoms with E-state index in [2.05, 4.69) is 96.9 Å². The molecule has 0 aromatic heterocycles. The first kappa shape index (κ1) is 20.1. The molecule has 0 saturated carbocycles. The van der Waals surface area contributed by atoms with Gasteiger partial charge in [-0.2, -0.15) is 0 Å². The number of piperidine rings is 1. The van der Waals surface area contributed by atoms with Gasteiger partial charge in [0.25, 0.3) is 0 Å². The number of nitrogens with zero attached hydrogens (tertiary/aromatic N) is 1. The van der Waals surface area contributed by atoms with Crippen LogP contribution in [-0.4, -0.2) is 31.1 Å². The standard InChI is InChI=1S/C27H34N2/c1-3-17-29-18-16-24(27(20-29)23-10-5-4-6-11-23)19-28-21(2)25-15-9-13-22-12-7-8-14-26(22)25/h4-15,21,24,27-28H,3,16-20H2,1-2H3/t21-,24?,27?/m1/s1. The van der Waals surface area contributed by atoms with E-state index in [1.54, 1.807) is 0 Å². The Morgan fingerprint density at radius 1 is 0.966 bits per heavy atom. The highest BCUT2D eigenvalue weighted by Gasteiger charge is 2.30. The summed E-state index contributed by atoms with van der Waals surface area (Å²) in [5.41, 5.74) is 2.90. The lowest BCUT2D eigenvalue weighted by molar-refractivity contribution is 0.155. The van der Waals surface area contributed by atoms with E-state index in [0.717, 1.165) is 6.54 Å². The topological polar surface area (TPSA) is 15.3 Å². The fourth-order valence-corrected chi connectivity index (χ4v) is 4.98. The highest BCUT2D eigenvalue weighted by Crippen LogP contribution is 2.33. The van der Waals surface area contributed by atoms with Crippen molar-refractivity contribution >= 4 is 10.8 Å².